The number of anilines is 1. The van der Waals surface area contributed by atoms with E-state index in [0.717, 1.165) is 12.1 Å². The van der Waals surface area contributed by atoms with Crippen LogP contribution in [0.15, 0.2) is 12.1 Å². The van der Waals surface area contributed by atoms with E-state index < -0.39 is 17.3 Å². The maximum Gasteiger partial charge on any atom is 0.338 e. The molecule has 3 N–H and O–H groups in total. The molecule has 0 aromatic heterocycles. The Hall–Kier alpha value is -1.82. The number of aromatic carboxylic acids is 1. The predicted octanol–water partition coefficient (Wildman–Crippen LogP) is 2.30. The first-order valence-corrected chi connectivity index (χ1v) is 5.80. The third-order valence-electron chi connectivity index (χ3n) is 2.21. The van der Waals surface area contributed by atoms with Gasteiger partial charge in [-0.15, -0.1) is 0 Å². The summed E-state index contributed by atoms with van der Waals surface area (Å²) in [5, 5.41) is 8.73. The molecule has 0 unspecified atom stereocenters. The number of carboxylic acid groups (broad SMARTS) is 1. The Bertz CT molecular complexity index is 468. The van der Waals surface area contributed by atoms with Crippen molar-refractivity contribution in [1.29, 1.82) is 0 Å². The Balaban J connectivity index is 2.65. The van der Waals surface area contributed by atoms with Gasteiger partial charge in [0.25, 0.3) is 0 Å². The van der Waals surface area contributed by atoms with Gasteiger partial charge in [0.15, 0.2) is 0 Å². The van der Waals surface area contributed by atoms with Crippen LogP contribution in [0.2, 0.25) is 0 Å². The second-order valence-corrected chi connectivity index (χ2v) is 4.98. The summed E-state index contributed by atoms with van der Waals surface area (Å²) in [4.78, 5) is 10.7. The molecule has 0 aliphatic heterocycles. The molecule has 0 saturated heterocycles. The summed E-state index contributed by atoms with van der Waals surface area (Å²) in [6.07, 6.45) is 0. The van der Waals surface area contributed by atoms with Gasteiger partial charge in [-0.2, -0.15) is 0 Å². The Morgan fingerprint density at radius 1 is 1.37 bits per heavy atom. The smallest absolute Gasteiger partial charge is 0.338 e. The van der Waals surface area contributed by atoms with Crippen molar-refractivity contribution in [2.24, 2.45) is 0 Å². The zero-order valence-electron chi connectivity index (χ0n) is 11.2. The highest BCUT2D eigenvalue weighted by Crippen LogP contribution is 2.25. The summed E-state index contributed by atoms with van der Waals surface area (Å²) in [7, 11) is 0. The van der Waals surface area contributed by atoms with Gasteiger partial charge in [0.05, 0.1) is 23.5 Å². The lowest BCUT2D eigenvalue weighted by Gasteiger charge is -2.19. The van der Waals surface area contributed by atoms with Crippen LogP contribution in [-0.2, 0) is 4.74 Å². The van der Waals surface area contributed by atoms with Crippen molar-refractivity contribution in [3.8, 4) is 5.75 Å². The van der Waals surface area contributed by atoms with Crippen molar-refractivity contribution in [2.45, 2.75) is 26.4 Å². The second kappa shape index (κ2) is 5.88. The van der Waals surface area contributed by atoms with Gasteiger partial charge in [0.1, 0.15) is 18.2 Å². The molecule has 5 nitrogen and oxygen atoms in total. The molecule has 19 heavy (non-hydrogen) atoms. The first-order chi connectivity index (χ1) is 8.70. The van der Waals surface area contributed by atoms with Crippen LogP contribution in [-0.4, -0.2) is 29.9 Å². The largest absolute Gasteiger partial charge is 0.489 e. The van der Waals surface area contributed by atoms with E-state index in [1.807, 2.05) is 20.8 Å². The highest BCUT2D eigenvalue weighted by atomic mass is 19.1. The van der Waals surface area contributed by atoms with E-state index in [1.165, 1.54) is 0 Å². The third-order valence-corrected chi connectivity index (χ3v) is 2.21. The van der Waals surface area contributed by atoms with Gasteiger partial charge in [0.2, 0.25) is 0 Å². The molecular formula is C13H18FNO4. The normalized spacial score (nSPS) is 11.4. The zero-order valence-corrected chi connectivity index (χ0v) is 11.2. The Morgan fingerprint density at radius 3 is 2.53 bits per heavy atom. The molecule has 0 saturated carbocycles. The van der Waals surface area contributed by atoms with E-state index in [4.69, 9.17) is 20.3 Å². The van der Waals surface area contributed by atoms with Crippen LogP contribution in [0, 0.1) is 5.82 Å². The lowest BCUT2D eigenvalue weighted by atomic mass is 10.2. The Kier molecular flexibility index (Phi) is 4.72. The van der Waals surface area contributed by atoms with Gasteiger partial charge in [0, 0.05) is 6.07 Å². The fourth-order valence-electron chi connectivity index (χ4n) is 1.36. The maximum atomic E-state index is 13.4. The van der Waals surface area contributed by atoms with Crippen LogP contribution in [0.25, 0.3) is 0 Å². The van der Waals surface area contributed by atoms with Crippen LogP contribution in [0.5, 0.6) is 5.75 Å². The van der Waals surface area contributed by atoms with Crippen molar-refractivity contribution in [2.75, 3.05) is 18.9 Å². The molecule has 1 aromatic carbocycles. The van der Waals surface area contributed by atoms with Crippen molar-refractivity contribution in [3.63, 3.8) is 0 Å². The fraction of sp³-hybridized carbons (Fsp3) is 0.462. The first-order valence-electron chi connectivity index (χ1n) is 5.80. The molecule has 6 heteroatoms. The third kappa shape index (κ3) is 4.75. The summed E-state index contributed by atoms with van der Waals surface area (Å²) in [5.41, 5.74) is 4.92. The minimum atomic E-state index is -1.37. The molecule has 1 aromatic rings. The monoisotopic (exact) mass is 271 g/mol. The van der Waals surface area contributed by atoms with Gasteiger partial charge in [-0.1, -0.05) is 0 Å². The van der Waals surface area contributed by atoms with Crippen molar-refractivity contribution >= 4 is 11.7 Å². The highest BCUT2D eigenvalue weighted by Gasteiger charge is 2.15. The van der Waals surface area contributed by atoms with Crippen LogP contribution in [0.1, 0.15) is 31.1 Å². The number of halogens is 1. The molecule has 106 valence electrons. The Labute approximate surface area is 111 Å². The second-order valence-electron chi connectivity index (χ2n) is 4.98. The molecule has 1 rings (SSSR count). The van der Waals surface area contributed by atoms with Crippen LogP contribution in [0.3, 0.4) is 0 Å². The average Bonchev–Trinajstić information content (AvgIpc) is 2.26. The van der Waals surface area contributed by atoms with E-state index in [-0.39, 0.29) is 23.6 Å². The summed E-state index contributed by atoms with van der Waals surface area (Å²) in [5.74, 6) is -2.14. The number of nitrogens with two attached hydrogens (primary N) is 1. The summed E-state index contributed by atoms with van der Waals surface area (Å²) >= 11 is 0. The molecule has 0 fully saturated rings. The standard InChI is InChI=1S/C13H18FNO4/c1-13(2,3)19-5-4-18-11-7-9(14)8(12(16)17)6-10(11)15/h6-7H,4-5,15H2,1-3H3,(H,16,17). The van der Waals surface area contributed by atoms with E-state index >= 15 is 0 Å². The number of rotatable bonds is 5. The molecule has 0 bridgehead atoms. The topological polar surface area (TPSA) is 81.8 Å². The van der Waals surface area contributed by atoms with Crippen LogP contribution >= 0.6 is 0 Å². The minimum absolute atomic E-state index is 0.0783. The number of benzene rings is 1. The minimum Gasteiger partial charge on any atom is -0.489 e. The van der Waals surface area contributed by atoms with E-state index in [0.29, 0.717) is 6.61 Å². The van der Waals surface area contributed by atoms with Gasteiger partial charge in [-0.25, -0.2) is 9.18 Å². The van der Waals surface area contributed by atoms with Gasteiger partial charge in [-0.05, 0) is 26.8 Å². The molecular weight excluding hydrogens is 253 g/mol. The van der Waals surface area contributed by atoms with Crippen molar-refractivity contribution in [3.05, 3.63) is 23.5 Å². The molecule has 0 spiro atoms. The molecule has 0 aliphatic carbocycles. The molecule has 0 heterocycles. The number of hydrogen-bond acceptors (Lipinski definition) is 4. The van der Waals surface area contributed by atoms with Gasteiger partial charge < -0.3 is 20.3 Å². The number of nitrogen functional groups attached to an aromatic ring is 1. The lowest BCUT2D eigenvalue weighted by Crippen LogP contribution is -2.22. The van der Waals surface area contributed by atoms with Crippen molar-refractivity contribution < 1.29 is 23.8 Å². The summed E-state index contributed by atoms with van der Waals surface area (Å²) in [6.45, 7) is 6.24. The quantitative estimate of drug-likeness (QED) is 0.634. The van der Waals surface area contributed by atoms with E-state index in [9.17, 15) is 9.18 Å². The fourth-order valence-corrected chi connectivity index (χ4v) is 1.36. The molecule has 0 aliphatic rings. The number of hydrogen-bond donors (Lipinski definition) is 2. The molecule has 0 radical (unpaired) electrons. The highest BCUT2D eigenvalue weighted by molar-refractivity contribution is 5.89. The predicted molar refractivity (Wildman–Crippen MR) is 69.0 cm³/mol. The lowest BCUT2D eigenvalue weighted by molar-refractivity contribution is -0.0162. The number of carboxylic acids is 1. The molecule has 0 amide bonds. The maximum absolute atomic E-state index is 13.4. The van der Waals surface area contributed by atoms with Crippen molar-refractivity contribution in [1.82, 2.24) is 0 Å². The van der Waals surface area contributed by atoms with E-state index in [1.54, 1.807) is 0 Å². The zero-order chi connectivity index (χ0) is 14.6. The summed E-state index contributed by atoms with van der Waals surface area (Å²) in [6, 6.07) is 2.01. The van der Waals surface area contributed by atoms with Crippen LogP contribution in [0.4, 0.5) is 10.1 Å². The van der Waals surface area contributed by atoms with Gasteiger partial charge in [-0.3, -0.25) is 0 Å². The molecule has 0 atom stereocenters. The van der Waals surface area contributed by atoms with E-state index in [2.05, 4.69) is 0 Å². The van der Waals surface area contributed by atoms with Gasteiger partial charge >= 0.3 is 5.97 Å². The number of carbonyl (C=O) groups is 1. The summed E-state index contributed by atoms with van der Waals surface area (Å²) < 4.78 is 24.1. The average molecular weight is 271 g/mol. The SMILES string of the molecule is CC(C)(C)OCCOc1cc(F)c(C(=O)O)cc1N. The van der Waals surface area contributed by atoms with Crippen LogP contribution < -0.4 is 10.5 Å². The first kappa shape index (κ1) is 15.2. The number of ether oxygens (including phenoxy) is 2. The Morgan fingerprint density at radius 2 is 2.00 bits per heavy atom.